The Hall–Kier alpha value is -4.12. The van der Waals surface area contributed by atoms with Crippen LogP contribution in [0, 0.1) is 11.3 Å². The van der Waals surface area contributed by atoms with Crippen molar-refractivity contribution in [1.29, 1.82) is 5.26 Å². The smallest absolute Gasteiger partial charge is 0.318 e. The molecule has 14 heteroatoms. The lowest BCUT2D eigenvalue weighted by atomic mass is 10.0. The van der Waals surface area contributed by atoms with E-state index in [-0.39, 0.29) is 50.0 Å². The Kier molecular flexibility index (Phi) is 12.2. The third-order valence-electron chi connectivity index (χ3n) is 10.0. The van der Waals surface area contributed by atoms with Crippen molar-refractivity contribution in [2.45, 2.75) is 44.1 Å². The van der Waals surface area contributed by atoms with Crippen LogP contribution in [0.25, 0.3) is 10.8 Å². The van der Waals surface area contributed by atoms with Gasteiger partial charge in [0.15, 0.2) is 0 Å². The Morgan fingerprint density at radius 1 is 1.12 bits per heavy atom. The molecule has 0 N–H and O–H groups in total. The molecule has 1 aromatic heterocycles. The first kappa shape index (κ1) is 36.7. The van der Waals surface area contributed by atoms with E-state index in [4.69, 9.17) is 26.3 Å². The van der Waals surface area contributed by atoms with Gasteiger partial charge in [-0.2, -0.15) is 15.2 Å². The van der Waals surface area contributed by atoms with Crippen LogP contribution in [0.5, 0.6) is 6.01 Å². The molecule has 272 valence electrons. The topological polar surface area (TPSA) is 92.1 Å². The highest BCUT2D eigenvalue weighted by Gasteiger charge is 2.34. The average Bonchev–Trinajstić information content (AvgIpc) is 3.12. The van der Waals surface area contributed by atoms with Crippen LogP contribution < -0.4 is 14.5 Å². The van der Waals surface area contributed by atoms with Crippen LogP contribution >= 0.6 is 11.6 Å². The number of alkyl halides is 3. The van der Waals surface area contributed by atoms with Crippen molar-refractivity contribution in [3.05, 3.63) is 64.8 Å². The molecular weight excluding hydrogens is 681 g/mol. The summed E-state index contributed by atoms with van der Waals surface area (Å²) in [7, 11) is 1.74. The highest BCUT2D eigenvalue weighted by molar-refractivity contribution is 6.36. The molecule has 3 aliphatic heterocycles. The zero-order valence-corrected chi connectivity index (χ0v) is 29.6. The Morgan fingerprint density at radius 3 is 2.67 bits per heavy atom. The lowest BCUT2D eigenvalue weighted by molar-refractivity contribution is -0.128. The third-order valence-corrected chi connectivity index (χ3v) is 10.3. The van der Waals surface area contributed by atoms with Gasteiger partial charge in [0, 0.05) is 81.1 Å². The van der Waals surface area contributed by atoms with E-state index in [9.17, 15) is 23.2 Å². The van der Waals surface area contributed by atoms with Gasteiger partial charge in [-0.15, -0.1) is 0 Å². The molecule has 0 saturated carbocycles. The predicted molar refractivity (Wildman–Crippen MR) is 193 cm³/mol. The fraction of sp³-hybridized carbons (Fsp3) is 0.514. The van der Waals surface area contributed by atoms with Gasteiger partial charge in [-0.25, -0.2) is 8.78 Å². The minimum Gasteiger partial charge on any atom is -0.462 e. The number of hydrogen-bond acceptors (Lipinski definition) is 9. The van der Waals surface area contributed by atoms with E-state index >= 15 is 0 Å². The first-order valence-corrected chi connectivity index (χ1v) is 17.9. The highest BCUT2D eigenvalue weighted by Crippen LogP contribution is 2.37. The first-order chi connectivity index (χ1) is 24.8. The van der Waals surface area contributed by atoms with Crippen LogP contribution in [0.3, 0.4) is 0 Å². The molecule has 6 rings (SSSR count). The summed E-state index contributed by atoms with van der Waals surface area (Å²) in [5, 5.41) is 12.4. The molecule has 2 aromatic carbocycles. The Bertz CT molecular complexity index is 1750. The zero-order valence-electron chi connectivity index (χ0n) is 28.9. The molecule has 3 aromatic rings. The molecule has 1 amide bonds. The highest BCUT2D eigenvalue weighted by atomic mass is 35.5. The second kappa shape index (κ2) is 16.9. The van der Waals surface area contributed by atoms with Crippen molar-refractivity contribution in [3.8, 4) is 12.1 Å². The number of piperazine rings is 1. The van der Waals surface area contributed by atoms with E-state index in [0.717, 1.165) is 27.7 Å². The van der Waals surface area contributed by atoms with Gasteiger partial charge >= 0.3 is 6.01 Å². The molecule has 3 aliphatic rings. The molecule has 0 spiro atoms. The van der Waals surface area contributed by atoms with Gasteiger partial charge in [-0.3, -0.25) is 19.0 Å². The number of likely N-dealkylation sites (N-methyl/N-ethyl adjacent to an activating group) is 1. The molecule has 2 fully saturated rings. The van der Waals surface area contributed by atoms with Crippen LogP contribution in [0.2, 0.25) is 5.02 Å². The number of rotatable bonds is 14. The molecule has 0 bridgehead atoms. The summed E-state index contributed by atoms with van der Waals surface area (Å²) in [6, 6.07) is 13.6. The number of nitrogens with zero attached hydrogens (tertiary/aromatic N) is 8. The molecule has 2 saturated heterocycles. The predicted octanol–water partition coefficient (Wildman–Crippen LogP) is 4.99. The van der Waals surface area contributed by atoms with Crippen LogP contribution in [0.15, 0.2) is 48.6 Å². The van der Waals surface area contributed by atoms with E-state index in [2.05, 4.69) is 21.9 Å². The largest absolute Gasteiger partial charge is 0.462 e. The quantitative estimate of drug-likeness (QED) is 0.213. The number of benzene rings is 2. The maximum atomic E-state index is 13.5. The van der Waals surface area contributed by atoms with Crippen molar-refractivity contribution in [3.63, 3.8) is 0 Å². The Balaban J connectivity index is 1.27. The number of aromatic nitrogens is 2. The minimum atomic E-state index is -0.806. The maximum Gasteiger partial charge on any atom is 0.318 e. The van der Waals surface area contributed by atoms with Gasteiger partial charge in [0.05, 0.1) is 42.5 Å². The summed E-state index contributed by atoms with van der Waals surface area (Å²) >= 11 is 6.70. The van der Waals surface area contributed by atoms with Gasteiger partial charge in [0.1, 0.15) is 25.3 Å². The SMILES string of the molecule is CN(CCF)[C@@H](CCF)COc1nc2c(c(N3CCN(C(=O)/C=C/CN4CC(F)C4)[C@@H](CC#N)C3)n1)CCN(c1cccc3cccc(Cl)c13)C2. The van der Waals surface area contributed by atoms with Gasteiger partial charge in [-0.1, -0.05) is 41.9 Å². The molecule has 4 heterocycles. The van der Waals surface area contributed by atoms with Gasteiger partial charge in [0.25, 0.3) is 0 Å². The fourth-order valence-corrected chi connectivity index (χ4v) is 7.45. The number of carbonyl (C=O) groups is 1. The van der Waals surface area contributed by atoms with Crippen molar-refractivity contribution < 1.29 is 22.7 Å². The molecule has 2 atom stereocenters. The van der Waals surface area contributed by atoms with Crippen molar-refractivity contribution >= 4 is 39.8 Å². The molecule has 0 aliphatic carbocycles. The van der Waals surface area contributed by atoms with Crippen molar-refractivity contribution in [2.75, 3.05) is 89.2 Å². The lowest BCUT2D eigenvalue weighted by Gasteiger charge is -2.42. The van der Waals surface area contributed by atoms with Gasteiger partial charge in [0.2, 0.25) is 5.91 Å². The first-order valence-electron chi connectivity index (χ1n) is 17.5. The van der Waals surface area contributed by atoms with Gasteiger partial charge < -0.3 is 19.4 Å². The number of carbonyl (C=O) groups excluding carboxylic acids is 1. The minimum absolute atomic E-state index is 0.0797. The molecule has 0 unspecified atom stereocenters. The van der Waals surface area contributed by atoms with Crippen molar-refractivity contribution in [1.82, 2.24) is 24.7 Å². The van der Waals surface area contributed by atoms with Crippen LogP contribution in [0.4, 0.5) is 24.7 Å². The summed E-state index contributed by atoms with van der Waals surface area (Å²) < 4.78 is 46.0. The molecular formula is C37H44ClF3N8O2. The molecule has 10 nitrogen and oxygen atoms in total. The third kappa shape index (κ3) is 8.51. The summed E-state index contributed by atoms with van der Waals surface area (Å²) in [5.41, 5.74) is 2.75. The number of amides is 1. The average molecular weight is 725 g/mol. The lowest BCUT2D eigenvalue weighted by Crippen LogP contribution is -2.55. The standard InChI is InChI=1S/C37H44ClF3N8O2/c1-45(18-14-40)29(10-13-39)25-51-37-43-32-24-47(33-8-3-6-26-5-2-7-31(38)35(26)33)17-12-30(32)36(44-37)48-19-20-49(28(23-48)11-15-42)34(50)9-4-16-46-21-27(41)22-46/h2-9,27-29H,10-14,16-25H2,1H3/b9-4+/t28-,29-/m0/s1. The van der Waals surface area contributed by atoms with E-state index in [1.165, 1.54) is 6.08 Å². The Labute approximate surface area is 302 Å². The number of fused-ring (bicyclic) bond motifs is 2. The number of anilines is 2. The van der Waals surface area contributed by atoms with Crippen molar-refractivity contribution in [2.24, 2.45) is 0 Å². The number of nitriles is 1. The van der Waals surface area contributed by atoms with Gasteiger partial charge in [-0.05, 0) is 37.4 Å². The zero-order chi connectivity index (χ0) is 35.9. The van der Waals surface area contributed by atoms with Crippen LogP contribution in [-0.2, 0) is 17.8 Å². The Morgan fingerprint density at radius 2 is 1.92 bits per heavy atom. The monoisotopic (exact) mass is 724 g/mol. The maximum absolute atomic E-state index is 13.5. The molecule has 0 radical (unpaired) electrons. The number of likely N-dealkylation sites (tertiary alicyclic amines) is 1. The number of halogens is 4. The second-order valence-electron chi connectivity index (χ2n) is 13.4. The number of ether oxygens (including phenoxy) is 1. The van der Waals surface area contributed by atoms with E-state index in [1.54, 1.807) is 22.9 Å². The van der Waals surface area contributed by atoms with Crippen LogP contribution in [0.1, 0.15) is 24.1 Å². The van der Waals surface area contributed by atoms with Crippen LogP contribution in [-0.4, -0.2) is 128 Å². The summed E-state index contributed by atoms with van der Waals surface area (Å²) in [4.78, 5) is 32.8. The summed E-state index contributed by atoms with van der Waals surface area (Å²) in [6.07, 6.45) is 3.43. The van der Waals surface area contributed by atoms with E-state index in [1.807, 2.05) is 35.2 Å². The summed E-state index contributed by atoms with van der Waals surface area (Å²) in [6.45, 7) is 2.76. The summed E-state index contributed by atoms with van der Waals surface area (Å²) in [5.74, 6) is 0.510. The normalized spacial score (nSPS) is 19.0. The second-order valence-corrected chi connectivity index (χ2v) is 13.8. The number of hydrogen-bond donors (Lipinski definition) is 0. The molecule has 51 heavy (non-hydrogen) atoms. The fourth-order valence-electron chi connectivity index (χ4n) is 7.18. The van der Waals surface area contributed by atoms with E-state index < -0.39 is 19.5 Å². The van der Waals surface area contributed by atoms with E-state index in [0.29, 0.717) is 69.6 Å².